The first-order valence-corrected chi connectivity index (χ1v) is 20.5. The standard InChI is InChI=1S/C57H34N4/c58-35-36-19-29-54-46(31-36)47-32-42(24-30-55(47)61(54)43-15-5-2-6-16-43)41-21-26-45-49(34-41)57(53-28-23-39-14-8-10-18-51(39)60-53)44-25-20-40(37-11-3-1-4-12-37)33-48(44)56(45)52-27-22-38-13-7-9-17-50(38)59-52/h1-34H. The number of hydrogen-bond acceptors (Lipinski definition) is 3. The minimum absolute atomic E-state index is 0.639. The molecule has 0 atom stereocenters. The van der Waals surface area contributed by atoms with Gasteiger partial charge in [-0.2, -0.15) is 5.26 Å². The van der Waals surface area contributed by atoms with Crippen molar-refractivity contribution in [2.45, 2.75) is 0 Å². The summed E-state index contributed by atoms with van der Waals surface area (Å²) in [6, 6.07) is 75.2. The molecule has 12 aromatic rings. The van der Waals surface area contributed by atoms with E-state index in [2.05, 4.69) is 199 Å². The van der Waals surface area contributed by atoms with Gasteiger partial charge in [0.1, 0.15) is 0 Å². The van der Waals surface area contributed by atoms with E-state index in [1.807, 2.05) is 18.2 Å². The third-order valence-corrected chi connectivity index (χ3v) is 12.2. The SMILES string of the molecule is N#Cc1ccc2c(c1)c1cc(-c3ccc4c(-c5ccc6ccccc6n5)c5cc(-c6ccccc6)ccc5c(-c5ccc6ccccc6n5)c4c3)ccc1n2-c1ccccc1. The Morgan fingerprint density at radius 3 is 1.43 bits per heavy atom. The van der Waals surface area contributed by atoms with E-state index in [9.17, 15) is 5.26 Å². The first-order valence-electron chi connectivity index (χ1n) is 20.5. The summed E-state index contributed by atoms with van der Waals surface area (Å²) in [6.45, 7) is 0. The number of nitriles is 1. The Balaban J connectivity index is 1.17. The molecule has 0 unspecified atom stereocenters. The first kappa shape index (κ1) is 34.6. The largest absolute Gasteiger partial charge is 0.309 e. The van der Waals surface area contributed by atoms with Gasteiger partial charge in [-0.15, -0.1) is 0 Å². The van der Waals surface area contributed by atoms with Crippen molar-refractivity contribution in [1.82, 2.24) is 14.5 Å². The molecule has 0 aliphatic rings. The molecule has 4 nitrogen and oxygen atoms in total. The zero-order valence-corrected chi connectivity index (χ0v) is 32.9. The Hall–Kier alpha value is -8.39. The minimum atomic E-state index is 0.639. The van der Waals surface area contributed by atoms with E-state index in [4.69, 9.17) is 9.97 Å². The van der Waals surface area contributed by atoms with Crippen LogP contribution in [0.3, 0.4) is 0 Å². The van der Waals surface area contributed by atoms with Gasteiger partial charge < -0.3 is 4.57 Å². The molecule has 0 saturated heterocycles. The molecule has 0 N–H and O–H groups in total. The lowest BCUT2D eigenvalue weighted by molar-refractivity contribution is 1.18. The maximum Gasteiger partial charge on any atom is 0.0991 e. The molecule has 0 amide bonds. The van der Waals surface area contributed by atoms with Crippen LogP contribution in [-0.2, 0) is 0 Å². The first-order chi connectivity index (χ1) is 30.2. The predicted molar refractivity (Wildman–Crippen MR) is 253 cm³/mol. The van der Waals surface area contributed by atoms with Gasteiger partial charge in [0.05, 0.1) is 45.1 Å². The second-order valence-electron chi connectivity index (χ2n) is 15.7. The summed E-state index contributed by atoms with van der Waals surface area (Å²) in [4.78, 5) is 10.7. The van der Waals surface area contributed by atoms with Crippen molar-refractivity contribution >= 4 is 65.2 Å². The maximum absolute atomic E-state index is 9.94. The Bertz CT molecular complexity index is 3770. The van der Waals surface area contributed by atoms with Crippen LogP contribution >= 0.6 is 0 Å². The maximum atomic E-state index is 9.94. The van der Waals surface area contributed by atoms with Gasteiger partial charge >= 0.3 is 0 Å². The molecule has 0 bridgehead atoms. The smallest absolute Gasteiger partial charge is 0.0991 e. The average molecular weight is 775 g/mol. The molecule has 9 aromatic carbocycles. The van der Waals surface area contributed by atoms with Crippen LogP contribution in [-0.4, -0.2) is 14.5 Å². The molecular weight excluding hydrogens is 741 g/mol. The quantitative estimate of drug-likeness (QED) is 0.164. The highest BCUT2D eigenvalue weighted by Crippen LogP contribution is 2.46. The fraction of sp³-hybridized carbons (Fsp3) is 0. The highest BCUT2D eigenvalue weighted by Gasteiger charge is 2.21. The summed E-state index contributed by atoms with van der Waals surface area (Å²) in [6.07, 6.45) is 0. The van der Waals surface area contributed by atoms with Crippen LogP contribution in [0.25, 0.3) is 116 Å². The minimum Gasteiger partial charge on any atom is -0.309 e. The zero-order valence-electron chi connectivity index (χ0n) is 32.9. The van der Waals surface area contributed by atoms with Gasteiger partial charge in [-0.05, 0) is 123 Å². The van der Waals surface area contributed by atoms with Gasteiger partial charge in [0.25, 0.3) is 0 Å². The molecule has 0 aliphatic heterocycles. The molecule has 3 aromatic heterocycles. The normalized spacial score (nSPS) is 11.6. The van der Waals surface area contributed by atoms with E-state index in [1.54, 1.807) is 0 Å². The van der Waals surface area contributed by atoms with Crippen molar-refractivity contribution in [2.75, 3.05) is 0 Å². The molecule has 282 valence electrons. The van der Waals surface area contributed by atoms with E-state index in [1.165, 1.54) is 0 Å². The van der Waals surface area contributed by atoms with Crippen LogP contribution in [0, 0.1) is 11.3 Å². The van der Waals surface area contributed by atoms with Crippen molar-refractivity contribution in [3.8, 4) is 56.5 Å². The van der Waals surface area contributed by atoms with Crippen molar-refractivity contribution in [2.24, 2.45) is 0 Å². The van der Waals surface area contributed by atoms with Crippen molar-refractivity contribution < 1.29 is 0 Å². The van der Waals surface area contributed by atoms with Crippen molar-refractivity contribution in [1.29, 1.82) is 5.26 Å². The second kappa shape index (κ2) is 13.9. The van der Waals surface area contributed by atoms with Crippen LogP contribution < -0.4 is 0 Å². The lowest BCUT2D eigenvalue weighted by Crippen LogP contribution is -1.95. The van der Waals surface area contributed by atoms with E-state index in [-0.39, 0.29) is 0 Å². The lowest BCUT2D eigenvalue weighted by Gasteiger charge is -2.19. The zero-order chi connectivity index (χ0) is 40.4. The fourth-order valence-electron chi connectivity index (χ4n) is 9.31. The number of rotatable bonds is 5. The van der Waals surface area contributed by atoms with Crippen LogP contribution in [0.2, 0.25) is 0 Å². The number of hydrogen-bond donors (Lipinski definition) is 0. The number of aromatic nitrogens is 3. The summed E-state index contributed by atoms with van der Waals surface area (Å²) in [7, 11) is 0. The third-order valence-electron chi connectivity index (χ3n) is 12.2. The second-order valence-corrected chi connectivity index (χ2v) is 15.7. The topological polar surface area (TPSA) is 54.5 Å². The van der Waals surface area contributed by atoms with Gasteiger partial charge in [-0.1, -0.05) is 127 Å². The van der Waals surface area contributed by atoms with Crippen LogP contribution in [0.1, 0.15) is 5.56 Å². The number of benzene rings is 9. The molecule has 4 heteroatoms. The molecule has 0 radical (unpaired) electrons. The summed E-state index contributed by atoms with van der Waals surface area (Å²) in [5, 5.41) is 18.7. The monoisotopic (exact) mass is 774 g/mol. The van der Waals surface area contributed by atoms with Gasteiger partial charge in [0.2, 0.25) is 0 Å². The van der Waals surface area contributed by atoms with E-state index in [0.29, 0.717) is 5.56 Å². The van der Waals surface area contributed by atoms with Crippen LogP contribution in [0.5, 0.6) is 0 Å². The number of fused-ring (bicyclic) bond motifs is 7. The summed E-state index contributed by atoms with van der Waals surface area (Å²) in [5.41, 5.74) is 14.3. The fourth-order valence-corrected chi connectivity index (χ4v) is 9.31. The molecule has 0 spiro atoms. The summed E-state index contributed by atoms with van der Waals surface area (Å²) < 4.78 is 2.29. The number of pyridine rings is 2. The third kappa shape index (κ3) is 5.67. The average Bonchev–Trinajstić information content (AvgIpc) is 3.66. The number of para-hydroxylation sites is 3. The van der Waals surface area contributed by atoms with Gasteiger partial charge in [-0.3, -0.25) is 0 Å². The van der Waals surface area contributed by atoms with E-state index in [0.717, 1.165) is 116 Å². The molecule has 61 heavy (non-hydrogen) atoms. The van der Waals surface area contributed by atoms with E-state index < -0.39 is 0 Å². The Morgan fingerprint density at radius 1 is 0.361 bits per heavy atom. The van der Waals surface area contributed by atoms with Crippen LogP contribution in [0.15, 0.2) is 206 Å². The van der Waals surface area contributed by atoms with Gasteiger partial charge in [0.15, 0.2) is 0 Å². The lowest BCUT2D eigenvalue weighted by atomic mass is 9.85. The van der Waals surface area contributed by atoms with Gasteiger partial charge in [0, 0.05) is 38.4 Å². The Labute approximate surface area is 351 Å². The molecule has 12 rings (SSSR count). The molecule has 0 fully saturated rings. The molecular formula is C57H34N4. The van der Waals surface area contributed by atoms with Gasteiger partial charge in [-0.25, -0.2) is 9.97 Å². The Kier molecular flexibility index (Phi) is 7.88. The molecule has 3 heterocycles. The van der Waals surface area contributed by atoms with Crippen molar-refractivity contribution in [3.63, 3.8) is 0 Å². The highest BCUT2D eigenvalue weighted by molar-refractivity contribution is 6.22. The Morgan fingerprint density at radius 2 is 0.836 bits per heavy atom. The highest BCUT2D eigenvalue weighted by atomic mass is 15.0. The van der Waals surface area contributed by atoms with E-state index >= 15 is 0 Å². The summed E-state index contributed by atoms with van der Waals surface area (Å²) in [5.74, 6) is 0. The molecule has 0 saturated carbocycles. The summed E-state index contributed by atoms with van der Waals surface area (Å²) >= 11 is 0. The number of nitrogens with zero attached hydrogens (tertiary/aromatic N) is 4. The van der Waals surface area contributed by atoms with Crippen LogP contribution in [0.4, 0.5) is 0 Å². The van der Waals surface area contributed by atoms with Crippen molar-refractivity contribution in [3.05, 3.63) is 212 Å². The molecule has 0 aliphatic carbocycles. The predicted octanol–water partition coefficient (Wildman–Crippen LogP) is 14.7.